The number of carbonyl (C=O) groups is 1. The van der Waals surface area contributed by atoms with E-state index in [1.165, 1.54) is 37.7 Å². The summed E-state index contributed by atoms with van der Waals surface area (Å²) in [5.41, 5.74) is 3.20. The highest BCUT2D eigenvalue weighted by Gasteiger charge is 2.59. The first-order valence-electron chi connectivity index (χ1n) is 18.8. The zero-order valence-corrected chi connectivity index (χ0v) is 28.2. The van der Waals surface area contributed by atoms with E-state index in [4.69, 9.17) is 0 Å². The zero-order chi connectivity index (χ0) is 32.1. The summed E-state index contributed by atoms with van der Waals surface area (Å²) in [6.07, 6.45) is 16.2. The van der Waals surface area contributed by atoms with E-state index in [9.17, 15) is 15.0 Å². The number of halogens is 1. The number of hydrogen-bond donors (Lipinski definition) is 2. The summed E-state index contributed by atoms with van der Waals surface area (Å²) in [6.45, 7) is 3.79. The fraction of sp³-hybridized carbons (Fsp3) is 0.683. The van der Waals surface area contributed by atoms with Crippen LogP contribution in [0.15, 0.2) is 48.5 Å². The molecular weight excluding hydrogens is 573 g/mol. The van der Waals surface area contributed by atoms with Gasteiger partial charge in [0.15, 0.2) is 0 Å². The molecule has 0 bridgehead atoms. The van der Waals surface area contributed by atoms with Crippen molar-refractivity contribution in [2.45, 2.75) is 134 Å². The number of amides is 1. The Kier molecular flexibility index (Phi) is 11.1. The molecular formula is C41H58FNO3. The first-order valence-corrected chi connectivity index (χ1v) is 18.8. The lowest BCUT2D eigenvalue weighted by atomic mass is 9.51. The second kappa shape index (κ2) is 15.2. The smallest absolute Gasteiger partial charge is 0.222 e. The summed E-state index contributed by atoms with van der Waals surface area (Å²) >= 11 is 0. The molecule has 7 atom stereocenters. The van der Waals surface area contributed by atoms with Gasteiger partial charge in [0.25, 0.3) is 0 Å². The number of phenols is 1. The van der Waals surface area contributed by atoms with Crippen molar-refractivity contribution in [2.75, 3.05) is 13.1 Å². The van der Waals surface area contributed by atoms with Gasteiger partial charge in [0, 0.05) is 25.4 Å². The molecule has 6 rings (SSSR count). The summed E-state index contributed by atoms with van der Waals surface area (Å²) in [4.78, 5) is 15.6. The Hall–Kier alpha value is -2.40. The van der Waals surface area contributed by atoms with Gasteiger partial charge >= 0.3 is 0 Å². The second-order valence-corrected chi connectivity index (χ2v) is 15.7. The standard InChI is InChI=1S/C41H58FNO3/c1-41-28-36(42)40-34-20-19-33(44)27-32(34)26-31(39(40)35(41)21-22-37(41)45)17-9-4-10-24-43(25-11-16-29-12-5-2-6-13-29)38(46)23-18-30-14-7-3-8-15-30/h2,5-6,12-13,19-20,27,30-31,35-37,39-40,44-45H,3-4,7-11,14-18,21-26,28H2,1H3/t31-,35?,36+,37+,39?,40?,41+/m1/s1. The van der Waals surface area contributed by atoms with E-state index in [1.54, 1.807) is 6.07 Å². The van der Waals surface area contributed by atoms with Gasteiger partial charge in [-0.1, -0.05) is 88.3 Å². The van der Waals surface area contributed by atoms with Gasteiger partial charge in [-0.3, -0.25) is 4.79 Å². The lowest BCUT2D eigenvalue weighted by molar-refractivity contribution is -0.131. The Morgan fingerprint density at radius 1 is 0.935 bits per heavy atom. The van der Waals surface area contributed by atoms with Gasteiger partial charge in [-0.25, -0.2) is 4.39 Å². The molecule has 0 saturated heterocycles. The van der Waals surface area contributed by atoms with Crippen LogP contribution in [0.25, 0.3) is 0 Å². The van der Waals surface area contributed by atoms with Gasteiger partial charge in [0.2, 0.25) is 5.91 Å². The maximum Gasteiger partial charge on any atom is 0.222 e. The monoisotopic (exact) mass is 631 g/mol. The average Bonchev–Trinajstić information content (AvgIpc) is 3.36. The normalized spacial score (nSPS) is 30.8. The number of fused-ring (bicyclic) bond motifs is 5. The number of carbonyl (C=O) groups excluding carboxylic acids is 1. The Morgan fingerprint density at radius 3 is 2.52 bits per heavy atom. The van der Waals surface area contributed by atoms with Gasteiger partial charge in [0.05, 0.1) is 6.10 Å². The number of aromatic hydroxyl groups is 1. The Labute approximate surface area is 277 Å². The molecule has 0 spiro atoms. The maximum atomic E-state index is 16.1. The lowest BCUT2D eigenvalue weighted by Gasteiger charge is -2.54. The van der Waals surface area contributed by atoms with E-state index < -0.39 is 12.3 Å². The molecule has 252 valence electrons. The van der Waals surface area contributed by atoms with Gasteiger partial charge < -0.3 is 15.1 Å². The summed E-state index contributed by atoms with van der Waals surface area (Å²) < 4.78 is 16.1. The number of aryl methyl sites for hydroxylation is 1. The van der Waals surface area contributed by atoms with Crippen LogP contribution in [-0.4, -0.2) is 46.4 Å². The third kappa shape index (κ3) is 7.50. The van der Waals surface area contributed by atoms with E-state index >= 15 is 4.39 Å². The number of aliphatic hydroxyl groups excluding tert-OH is 1. The molecule has 2 N–H and O–H groups in total. The Morgan fingerprint density at radius 2 is 1.72 bits per heavy atom. The Balaban J connectivity index is 1.06. The quantitative estimate of drug-likeness (QED) is 0.217. The lowest BCUT2D eigenvalue weighted by Crippen LogP contribution is -2.51. The first kappa shape index (κ1) is 33.5. The molecule has 0 aromatic heterocycles. The Bertz CT molecular complexity index is 1280. The molecule has 3 fully saturated rings. The summed E-state index contributed by atoms with van der Waals surface area (Å²) in [5.74, 6) is 2.12. The number of phenolic OH excluding ortho intramolecular Hbond substituents is 1. The molecule has 46 heavy (non-hydrogen) atoms. The number of nitrogens with zero attached hydrogens (tertiary/aromatic N) is 1. The molecule has 3 unspecified atom stereocenters. The summed E-state index contributed by atoms with van der Waals surface area (Å²) in [5, 5.41) is 21.2. The van der Waals surface area contributed by atoms with Gasteiger partial charge in [-0.05, 0) is 116 Å². The highest BCUT2D eigenvalue weighted by Crippen LogP contribution is 2.63. The second-order valence-electron chi connectivity index (χ2n) is 15.7. The van der Waals surface area contributed by atoms with E-state index in [1.807, 2.05) is 12.1 Å². The molecule has 4 nitrogen and oxygen atoms in total. The van der Waals surface area contributed by atoms with Crippen LogP contribution in [0.3, 0.4) is 0 Å². The molecule has 3 saturated carbocycles. The number of benzene rings is 2. The molecule has 1 amide bonds. The van der Waals surface area contributed by atoms with Crippen molar-refractivity contribution < 1.29 is 19.4 Å². The van der Waals surface area contributed by atoms with Gasteiger partial charge in [0.1, 0.15) is 11.9 Å². The van der Waals surface area contributed by atoms with Crippen LogP contribution in [0.1, 0.15) is 126 Å². The van der Waals surface area contributed by atoms with Crippen molar-refractivity contribution in [2.24, 2.45) is 29.1 Å². The van der Waals surface area contributed by atoms with Crippen molar-refractivity contribution >= 4 is 5.91 Å². The molecule has 0 heterocycles. The minimum absolute atomic E-state index is 0.139. The topological polar surface area (TPSA) is 60.8 Å². The third-order valence-corrected chi connectivity index (χ3v) is 12.9. The van der Waals surface area contributed by atoms with E-state index in [-0.39, 0.29) is 23.0 Å². The number of aliphatic hydroxyl groups is 1. The highest BCUT2D eigenvalue weighted by molar-refractivity contribution is 5.76. The number of unbranched alkanes of at least 4 members (excludes halogenated alkanes) is 2. The van der Waals surface area contributed by atoms with Crippen LogP contribution < -0.4 is 0 Å². The van der Waals surface area contributed by atoms with Crippen LogP contribution in [0.4, 0.5) is 4.39 Å². The molecule has 2 aromatic carbocycles. The molecule has 4 aliphatic rings. The minimum Gasteiger partial charge on any atom is -0.508 e. The molecule has 5 heteroatoms. The van der Waals surface area contributed by atoms with Crippen molar-refractivity contribution in [1.82, 2.24) is 4.90 Å². The van der Waals surface area contributed by atoms with Crippen LogP contribution in [0.2, 0.25) is 0 Å². The number of hydrogen-bond acceptors (Lipinski definition) is 3. The predicted molar refractivity (Wildman–Crippen MR) is 184 cm³/mol. The van der Waals surface area contributed by atoms with Crippen molar-refractivity contribution in [1.29, 1.82) is 0 Å². The predicted octanol–water partition coefficient (Wildman–Crippen LogP) is 9.17. The van der Waals surface area contributed by atoms with Crippen LogP contribution >= 0.6 is 0 Å². The molecule has 0 radical (unpaired) electrons. The van der Waals surface area contributed by atoms with Crippen LogP contribution in [-0.2, 0) is 17.6 Å². The van der Waals surface area contributed by atoms with Crippen molar-refractivity contribution in [3.05, 3.63) is 65.2 Å². The highest BCUT2D eigenvalue weighted by atomic mass is 19.1. The third-order valence-electron chi connectivity index (χ3n) is 12.9. The fourth-order valence-electron chi connectivity index (χ4n) is 10.4. The maximum absolute atomic E-state index is 16.1. The van der Waals surface area contributed by atoms with Crippen molar-refractivity contribution in [3.8, 4) is 5.75 Å². The summed E-state index contributed by atoms with van der Waals surface area (Å²) in [7, 11) is 0. The minimum atomic E-state index is -0.964. The van der Waals surface area contributed by atoms with E-state index in [0.717, 1.165) is 94.3 Å². The summed E-state index contributed by atoms with van der Waals surface area (Å²) in [6, 6.07) is 16.2. The van der Waals surface area contributed by atoms with Crippen LogP contribution in [0.5, 0.6) is 5.75 Å². The average molecular weight is 632 g/mol. The zero-order valence-electron chi connectivity index (χ0n) is 28.2. The van der Waals surface area contributed by atoms with E-state index in [2.05, 4.69) is 42.2 Å². The fourth-order valence-corrected chi connectivity index (χ4v) is 10.4. The number of rotatable bonds is 13. The largest absolute Gasteiger partial charge is 0.508 e. The van der Waals surface area contributed by atoms with Crippen molar-refractivity contribution in [3.63, 3.8) is 0 Å². The number of alkyl halides is 1. The molecule has 2 aromatic rings. The first-order chi connectivity index (χ1) is 22.3. The molecule has 0 aliphatic heterocycles. The van der Waals surface area contributed by atoms with Crippen LogP contribution in [0, 0.1) is 29.1 Å². The van der Waals surface area contributed by atoms with Gasteiger partial charge in [-0.15, -0.1) is 0 Å². The van der Waals surface area contributed by atoms with E-state index in [0.29, 0.717) is 30.6 Å². The molecule has 4 aliphatic carbocycles. The SMILES string of the molecule is C[C@]12C[C@H](F)C3c4ccc(O)cc4C[C@@H](CCCCCN(CCCc4ccccc4)C(=O)CCC4CCCCC4)C3C1CC[C@@H]2O. The van der Waals surface area contributed by atoms with Gasteiger partial charge in [-0.2, -0.15) is 0 Å².